The van der Waals surface area contributed by atoms with E-state index in [4.69, 9.17) is 11.5 Å². The summed E-state index contributed by atoms with van der Waals surface area (Å²) in [7, 11) is 0. The number of fused-ring (bicyclic) bond motifs is 1. The summed E-state index contributed by atoms with van der Waals surface area (Å²) in [5.41, 5.74) is 11.5. The van der Waals surface area contributed by atoms with Gasteiger partial charge in [-0.3, -0.25) is 5.10 Å². The predicted octanol–water partition coefficient (Wildman–Crippen LogP) is 1.67. The Kier molecular flexibility index (Phi) is 2.93. The number of H-pyrrole nitrogens is 1. The molecule has 0 unspecified atom stereocenters. The molecule has 2 heterocycles. The minimum Gasteiger partial charge on any atom is -0.399 e. The predicted molar refractivity (Wildman–Crippen MR) is 83.8 cm³/mol. The standard InChI is InChI=1S/C14H14F2N6S/c15-6-13(8-3-7(17)1-2-9(8)16)10-4-14(10,23-12(18)20-13)11-5-19-22-21-11/h1-3,5,10H,4,6,17H2,(H2,18,20)(H,19,21,22)/t10-,13+,14-/m0/s1. The molecule has 1 aromatic carbocycles. The molecule has 3 atom stereocenters. The van der Waals surface area contributed by atoms with Crippen LogP contribution in [0.5, 0.6) is 0 Å². The lowest BCUT2D eigenvalue weighted by atomic mass is 9.84. The number of nitrogens with zero attached hydrogens (tertiary/aromatic N) is 3. The highest BCUT2D eigenvalue weighted by Crippen LogP contribution is 2.70. The molecule has 2 aliphatic rings. The van der Waals surface area contributed by atoms with Gasteiger partial charge in [0.25, 0.3) is 0 Å². The summed E-state index contributed by atoms with van der Waals surface area (Å²) in [6.07, 6.45) is 2.25. The van der Waals surface area contributed by atoms with Crippen molar-refractivity contribution < 1.29 is 8.78 Å². The van der Waals surface area contributed by atoms with Crippen molar-refractivity contribution in [2.24, 2.45) is 16.6 Å². The largest absolute Gasteiger partial charge is 0.399 e. The van der Waals surface area contributed by atoms with Crippen molar-refractivity contribution >= 4 is 22.6 Å². The quantitative estimate of drug-likeness (QED) is 0.739. The average Bonchev–Trinajstić information content (AvgIpc) is 3.02. The molecule has 0 saturated heterocycles. The smallest absolute Gasteiger partial charge is 0.155 e. The second kappa shape index (κ2) is 4.67. The van der Waals surface area contributed by atoms with Gasteiger partial charge >= 0.3 is 0 Å². The number of nitrogens with two attached hydrogens (primary N) is 2. The van der Waals surface area contributed by atoms with Gasteiger partial charge < -0.3 is 11.5 Å². The monoisotopic (exact) mass is 336 g/mol. The van der Waals surface area contributed by atoms with Crippen LogP contribution in [0.1, 0.15) is 17.7 Å². The van der Waals surface area contributed by atoms with Gasteiger partial charge in [-0.2, -0.15) is 0 Å². The maximum Gasteiger partial charge on any atom is 0.155 e. The Morgan fingerprint density at radius 3 is 2.91 bits per heavy atom. The van der Waals surface area contributed by atoms with E-state index in [0.717, 1.165) is 0 Å². The van der Waals surface area contributed by atoms with Gasteiger partial charge in [-0.1, -0.05) is 17.0 Å². The number of hydrogen-bond acceptors (Lipinski definition) is 6. The summed E-state index contributed by atoms with van der Waals surface area (Å²) in [4.78, 5) is 4.31. The molecule has 6 nitrogen and oxygen atoms in total. The summed E-state index contributed by atoms with van der Waals surface area (Å²) < 4.78 is 28.0. The van der Waals surface area contributed by atoms with E-state index in [9.17, 15) is 8.78 Å². The fourth-order valence-corrected chi connectivity index (χ4v) is 4.83. The van der Waals surface area contributed by atoms with Gasteiger partial charge in [0, 0.05) is 23.4 Å². The Bertz CT molecular complexity index is 795. The van der Waals surface area contributed by atoms with Gasteiger partial charge in [0.2, 0.25) is 0 Å². The fourth-order valence-electron chi connectivity index (χ4n) is 3.46. The molecule has 0 radical (unpaired) electrons. The lowest BCUT2D eigenvalue weighted by molar-refractivity contribution is 0.263. The zero-order chi connectivity index (χ0) is 16.2. The lowest BCUT2D eigenvalue weighted by Gasteiger charge is -2.34. The first-order valence-electron chi connectivity index (χ1n) is 7.04. The van der Waals surface area contributed by atoms with Crippen LogP contribution in [0.3, 0.4) is 0 Å². The lowest BCUT2D eigenvalue weighted by Crippen LogP contribution is -2.39. The normalized spacial score (nSPS) is 32.3. The van der Waals surface area contributed by atoms with E-state index in [1.54, 1.807) is 6.20 Å². The third-order valence-electron chi connectivity index (χ3n) is 4.59. The molecule has 120 valence electrons. The Hall–Kier alpha value is -2.16. The highest BCUT2D eigenvalue weighted by Gasteiger charge is 2.70. The van der Waals surface area contributed by atoms with Crippen LogP contribution in [-0.2, 0) is 10.3 Å². The maximum absolute atomic E-state index is 14.4. The number of rotatable bonds is 3. The van der Waals surface area contributed by atoms with E-state index in [1.165, 1.54) is 30.0 Å². The maximum atomic E-state index is 14.4. The van der Waals surface area contributed by atoms with E-state index in [0.29, 0.717) is 17.8 Å². The highest BCUT2D eigenvalue weighted by atomic mass is 32.2. The number of nitrogen functional groups attached to an aromatic ring is 1. The van der Waals surface area contributed by atoms with Crippen molar-refractivity contribution in [2.75, 3.05) is 12.4 Å². The molecule has 1 aromatic heterocycles. The van der Waals surface area contributed by atoms with E-state index >= 15 is 0 Å². The number of anilines is 1. The van der Waals surface area contributed by atoms with Crippen LogP contribution in [0.2, 0.25) is 0 Å². The van der Waals surface area contributed by atoms with Crippen LogP contribution in [0.4, 0.5) is 14.5 Å². The minimum absolute atomic E-state index is 0.138. The van der Waals surface area contributed by atoms with Gasteiger partial charge in [0.15, 0.2) is 5.17 Å². The number of aromatic amines is 1. The first kappa shape index (κ1) is 14.4. The molecule has 4 rings (SSSR count). The molecule has 23 heavy (non-hydrogen) atoms. The SMILES string of the molecule is NC1=N[C@](CF)(c2cc(N)ccc2F)[C@@H]2C[C@]2(c2c[nH]nn2)S1. The van der Waals surface area contributed by atoms with E-state index < -0.39 is 22.8 Å². The van der Waals surface area contributed by atoms with Crippen LogP contribution in [-0.4, -0.2) is 27.3 Å². The Morgan fingerprint density at radius 2 is 2.22 bits per heavy atom. The molecule has 1 aliphatic carbocycles. The van der Waals surface area contributed by atoms with Crippen molar-refractivity contribution in [3.63, 3.8) is 0 Å². The van der Waals surface area contributed by atoms with E-state index in [1.807, 2.05) is 0 Å². The zero-order valence-electron chi connectivity index (χ0n) is 12.0. The number of aromatic nitrogens is 3. The molecular weight excluding hydrogens is 322 g/mol. The molecular formula is C14H14F2N6S. The van der Waals surface area contributed by atoms with Crippen LogP contribution in [0, 0.1) is 11.7 Å². The Morgan fingerprint density at radius 1 is 1.39 bits per heavy atom. The van der Waals surface area contributed by atoms with Crippen molar-refractivity contribution in [1.29, 1.82) is 0 Å². The molecule has 1 aliphatic heterocycles. The van der Waals surface area contributed by atoms with Crippen LogP contribution < -0.4 is 11.5 Å². The number of halogens is 2. The van der Waals surface area contributed by atoms with Gasteiger partial charge in [-0.25, -0.2) is 13.8 Å². The van der Waals surface area contributed by atoms with Gasteiger partial charge in [-0.15, -0.1) is 5.10 Å². The van der Waals surface area contributed by atoms with E-state index in [-0.39, 0.29) is 16.6 Å². The first-order valence-corrected chi connectivity index (χ1v) is 7.86. The zero-order valence-corrected chi connectivity index (χ0v) is 12.8. The highest BCUT2D eigenvalue weighted by molar-refractivity contribution is 8.14. The van der Waals surface area contributed by atoms with Crippen molar-refractivity contribution in [3.8, 4) is 0 Å². The summed E-state index contributed by atoms with van der Waals surface area (Å²) in [5.74, 6) is -0.806. The molecule has 1 fully saturated rings. The Balaban J connectivity index is 1.89. The molecule has 0 bridgehead atoms. The third-order valence-corrected chi connectivity index (χ3v) is 5.92. The molecule has 1 saturated carbocycles. The van der Waals surface area contributed by atoms with Crippen molar-refractivity contribution in [2.45, 2.75) is 16.7 Å². The van der Waals surface area contributed by atoms with Gasteiger partial charge in [0.1, 0.15) is 18.0 Å². The molecule has 9 heteroatoms. The number of aliphatic imine (C=N–C) groups is 1. The second-order valence-electron chi connectivity index (χ2n) is 5.85. The van der Waals surface area contributed by atoms with Gasteiger partial charge in [-0.05, 0) is 24.6 Å². The minimum atomic E-state index is -1.38. The summed E-state index contributed by atoms with van der Waals surface area (Å²) in [5, 5.41) is 10.6. The van der Waals surface area contributed by atoms with Crippen molar-refractivity contribution in [3.05, 3.63) is 41.5 Å². The summed E-state index contributed by atoms with van der Waals surface area (Å²) in [6.45, 7) is -0.862. The molecule has 0 amide bonds. The number of thioether (sulfide) groups is 1. The van der Waals surface area contributed by atoms with Gasteiger partial charge in [0.05, 0.1) is 10.4 Å². The topological polar surface area (TPSA) is 106 Å². The fraction of sp³-hybridized carbons (Fsp3) is 0.357. The number of benzene rings is 1. The molecule has 5 N–H and O–H groups in total. The number of amidine groups is 1. The van der Waals surface area contributed by atoms with Crippen LogP contribution >= 0.6 is 11.8 Å². The summed E-state index contributed by atoms with van der Waals surface area (Å²) >= 11 is 1.33. The number of nitrogens with one attached hydrogen (secondary N) is 1. The third kappa shape index (κ3) is 1.89. The summed E-state index contributed by atoms with van der Waals surface area (Å²) in [6, 6.07) is 4.11. The number of hydrogen-bond donors (Lipinski definition) is 3. The van der Waals surface area contributed by atoms with Crippen LogP contribution in [0.15, 0.2) is 29.4 Å². The average molecular weight is 336 g/mol. The Labute approximate surface area is 134 Å². The number of alkyl halides is 1. The molecule has 2 aromatic rings. The van der Waals surface area contributed by atoms with Crippen molar-refractivity contribution in [1.82, 2.24) is 15.4 Å². The first-order chi connectivity index (χ1) is 11.0. The van der Waals surface area contributed by atoms with Crippen LogP contribution in [0.25, 0.3) is 0 Å². The van der Waals surface area contributed by atoms with E-state index in [2.05, 4.69) is 20.4 Å². The second-order valence-corrected chi connectivity index (χ2v) is 7.21. The molecule has 0 spiro atoms.